The molecule has 5 nitrogen and oxygen atoms in total. The van der Waals surface area contributed by atoms with Gasteiger partial charge in [0.2, 0.25) is 11.8 Å². The molecule has 21 heavy (non-hydrogen) atoms. The Bertz CT molecular complexity index is 547. The normalized spacial score (nSPS) is 12.2. The van der Waals surface area contributed by atoms with Crippen molar-refractivity contribution in [2.45, 2.75) is 19.5 Å². The van der Waals surface area contributed by atoms with E-state index in [2.05, 4.69) is 58.4 Å². The van der Waals surface area contributed by atoms with Crippen LogP contribution < -0.4 is 10.1 Å². The molecule has 1 aromatic carbocycles. The van der Waals surface area contributed by atoms with E-state index in [1.807, 2.05) is 6.07 Å². The third-order valence-electron chi connectivity index (χ3n) is 3.10. The number of benzene rings is 1. The fraction of sp³-hybridized carbons (Fsp3) is 0.375. The Morgan fingerprint density at radius 2 is 2.00 bits per heavy atom. The zero-order valence-electron chi connectivity index (χ0n) is 12.8. The number of rotatable bonds is 7. The maximum atomic E-state index is 5.09. The minimum atomic E-state index is 0.241. The largest absolute Gasteiger partial charge is 0.481 e. The second-order valence-electron chi connectivity index (χ2n) is 5.15. The number of nitrogens with one attached hydrogen (secondary N) is 1. The first-order valence-electron chi connectivity index (χ1n) is 7.03. The van der Waals surface area contributed by atoms with E-state index in [9.17, 15) is 0 Å². The third-order valence-corrected chi connectivity index (χ3v) is 3.10. The van der Waals surface area contributed by atoms with E-state index in [0.29, 0.717) is 11.8 Å². The van der Waals surface area contributed by atoms with Gasteiger partial charge in [-0.1, -0.05) is 30.3 Å². The van der Waals surface area contributed by atoms with Crippen LogP contribution in [0.5, 0.6) is 5.88 Å². The van der Waals surface area contributed by atoms with Crippen molar-refractivity contribution in [3.8, 4) is 5.88 Å². The topological polar surface area (TPSA) is 50.3 Å². The van der Waals surface area contributed by atoms with Crippen LogP contribution >= 0.6 is 0 Å². The van der Waals surface area contributed by atoms with E-state index in [1.54, 1.807) is 19.4 Å². The number of likely N-dealkylation sites (N-methyl/N-ethyl adjacent to an activating group) is 1. The van der Waals surface area contributed by atoms with Crippen LogP contribution in [0.3, 0.4) is 0 Å². The molecule has 1 aromatic heterocycles. The second kappa shape index (κ2) is 7.59. The molecule has 2 rings (SSSR count). The SMILES string of the molecule is COc1ccnc(NC(C)CN(C)Cc2ccccc2)n1. The van der Waals surface area contributed by atoms with Crippen LogP contribution in [-0.2, 0) is 6.54 Å². The first-order valence-corrected chi connectivity index (χ1v) is 7.03. The van der Waals surface area contributed by atoms with Crippen LogP contribution in [0.1, 0.15) is 12.5 Å². The van der Waals surface area contributed by atoms with Crippen molar-refractivity contribution < 1.29 is 4.74 Å². The average Bonchev–Trinajstić information content (AvgIpc) is 2.48. The minimum absolute atomic E-state index is 0.241. The average molecular weight is 286 g/mol. The van der Waals surface area contributed by atoms with Gasteiger partial charge >= 0.3 is 0 Å². The predicted octanol–water partition coefficient (Wildman–Crippen LogP) is 2.42. The molecule has 0 aliphatic carbocycles. The number of ether oxygens (including phenoxy) is 1. The maximum Gasteiger partial charge on any atom is 0.226 e. The molecular formula is C16H22N4O. The summed E-state index contributed by atoms with van der Waals surface area (Å²) in [6.07, 6.45) is 1.69. The summed E-state index contributed by atoms with van der Waals surface area (Å²) in [7, 11) is 3.71. The summed E-state index contributed by atoms with van der Waals surface area (Å²) in [4.78, 5) is 10.7. The van der Waals surface area contributed by atoms with Crippen LogP contribution in [-0.4, -0.2) is 41.6 Å². The molecule has 1 atom stereocenters. The number of hydrogen-bond donors (Lipinski definition) is 1. The fourth-order valence-electron chi connectivity index (χ4n) is 2.22. The molecule has 0 bridgehead atoms. The van der Waals surface area contributed by atoms with Gasteiger partial charge in [0, 0.05) is 31.4 Å². The van der Waals surface area contributed by atoms with Gasteiger partial charge in [-0.2, -0.15) is 4.98 Å². The van der Waals surface area contributed by atoms with Gasteiger partial charge in [0.25, 0.3) is 0 Å². The molecule has 0 fully saturated rings. The number of aromatic nitrogens is 2. The highest BCUT2D eigenvalue weighted by molar-refractivity contribution is 5.28. The zero-order valence-corrected chi connectivity index (χ0v) is 12.8. The molecular weight excluding hydrogens is 264 g/mol. The van der Waals surface area contributed by atoms with Gasteiger partial charge in [0.05, 0.1) is 7.11 Å². The van der Waals surface area contributed by atoms with Crippen molar-refractivity contribution >= 4 is 5.95 Å². The van der Waals surface area contributed by atoms with Gasteiger partial charge in [0.15, 0.2) is 0 Å². The summed E-state index contributed by atoms with van der Waals surface area (Å²) in [6, 6.07) is 12.4. The number of hydrogen-bond acceptors (Lipinski definition) is 5. The van der Waals surface area contributed by atoms with E-state index in [1.165, 1.54) is 5.56 Å². The molecule has 0 saturated heterocycles. The van der Waals surface area contributed by atoms with Crippen LogP contribution in [0.4, 0.5) is 5.95 Å². The van der Waals surface area contributed by atoms with Crippen molar-refractivity contribution in [2.24, 2.45) is 0 Å². The molecule has 0 aliphatic heterocycles. The summed E-state index contributed by atoms with van der Waals surface area (Å²) in [5.74, 6) is 1.16. The van der Waals surface area contributed by atoms with Crippen LogP contribution in [0.25, 0.3) is 0 Å². The monoisotopic (exact) mass is 286 g/mol. The third kappa shape index (κ3) is 5.04. The Hall–Kier alpha value is -2.14. The Morgan fingerprint density at radius 3 is 2.71 bits per heavy atom. The predicted molar refractivity (Wildman–Crippen MR) is 84.4 cm³/mol. The van der Waals surface area contributed by atoms with E-state index in [4.69, 9.17) is 4.74 Å². The first kappa shape index (κ1) is 15.3. The van der Waals surface area contributed by atoms with Gasteiger partial charge in [-0.3, -0.25) is 0 Å². The van der Waals surface area contributed by atoms with E-state index >= 15 is 0 Å². The van der Waals surface area contributed by atoms with E-state index in [0.717, 1.165) is 13.1 Å². The Morgan fingerprint density at radius 1 is 1.24 bits per heavy atom. The fourth-order valence-corrected chi connectivity index (χ4v) is 2.22. The van der Waals surface area contributed by atoms with Gasteiger partial charge in [0.1, 0.15) is 0 Å². The highest BCUT2D eigenvalue weighted by Gasteiger charge is 2.08. The summed E-state index contributed by atoms with van der Waals surface area (Å²) < 4.78 is 5.09. The van der Waals surface area contributed by atoms with Crippen LogP contribution in [0.2, 0.25) is 0 Å². The summed E-state index contributed by atoms with van der Waals surface area (Å²) >= 11 is 0. The smallest absolute Gasteiger partial charge is 0.226 e. The van der Waals surface area contributed by atoms with Gasteiger partial charge in [-0.25, -0.2) is 4.98 Å². The molecule has 0 aliphatic rings. The van der Waals surface area contributed by atoms with E-state index < -0.39 is 0 Å². The molecule has 5 heteroatoms. The molecule has 1 N–H and O–H groups in total. The summed E-state index contributed by atoms with van der Waals surface area (Å²) in [6.45, 7) is 3.94. The summed E-state index contributed by atoms with van der Waals surface area (Å²) in [5.41, 5.74) is 1.31. The van der Waals surface area contributed by atoms with Crippen molar-refractivity contribution in [3.63, 3.8) is 0 Å². The molecule has 1 heterocycles. The number of anilines is 1. The van der Waals surface area contributed by atoms with Crippen molar-refractivity contribution in [2.75, 3.05) is 26.0 Å². The molecule has 0 saturated carbocycles. The standard InChI is InChI=1S/C16H22N4O/c1-13(18-16-17-10-9-15(19-16)21-3)11-20(2)12-14-7-5-4-6-8-14/h4-10,13H,11-12H2,1-3H3,(H,17,18,19). The zero-order chi connectivity index (χ0) is 15.1. The lowest BCUT2D eigenvalue weighted by Crippen LogP contribution is -2.32. The van der Waals surface area contributed by atoms with Crippen LogP contribution in [0, 0.1) is 0 Å². The molecule has 0 amide bonds. The van der Waals surface area contributed by atoms with Gasteiger partial charge < -0.3 is 15.0 Å². The lowest BCUT2D eigenvalue weighted by molar-refractivity contribution is 0.316. The Balaban J connectivity index is 1.84. The first-order chi connectivity index (χ1) is 10.2. The van der Waals surface area contributed by atoms with Gasteiger partial charge in [-0.05, 0) is 19.5 Å². The molecule has 1 unspecified atom stereocenters. The van der Waals surface area contributed by atoms with Crippen LogP contribution in [0.15, 0.2) is 42.6 Å². The molecule has 0 radical (unpaired) electrons. The highest BCUT2D eigenvalue weighted by atomic mass is 16.5. The second-order valence-corrected chi connectivity index (χ2v) is 5.15. The van der Waals surface area contributed by atoms with Crippen molar-refractivity contribution in [1.29, 1.82) is 0 Å². The molecule has 2 aromatic rings. The minimum Gasteiger partial charge on any atom is -0.481 e. The van der Waals surface area contributed by atoms with Gasteiger partial charge in [-0.15, -0.1) is 0 Å². The lowest BCUT2D eigenvalue weighted by Gasteiger charge is -2.22. The highest BCUT2D eigenvalue weighted by Crippen LogP contribution is 2.09. The molecule has 112 valence electrons. The quantitative estimate of drug-likeness (QED) is 0.847. The maximum absolute atomic E-state index is 5.09. The summed E-state index contributed by atoms with van der Waals surface area (Å²) in [5, 5.41) is 3.29. The Kier molecular flexibility index (Phi) is 5.51. The van der Waals surface area contributed by atoms with Crippen molar-refractivity contribution in [1.82, 2.24) is 14.9 Å². The van der Waals surface area contributed by atoms with E-state index in [-0.39, 0.29) is 6.04 Å². The molecule has 0 spiro atoms. The number of methoxy groups -OCH3 is 1. The Labute approximate surface area is 126 Å². The number of nitrogens with zero attached hydrogens (tertiary/aromatic N) is 3. The lowest BCUT2D eigenvalue weighted by atomic mass is 10.2. The van der Waals surface area contributed by atoms with Crippen molar-refractivity contribution in [3.05, 3.63) is 48.2 Å².